The van der Waals surface area contributed by atoms with Gasteiger partial charge in [0.05, 0.1) is 0 Å². The summed E-state index contributed by atoms with van der Waals surface area (Å²) in [4.78, 5) is 0. The van der Waals surface area contributed by atoms with Crippen LogP contribution in [0.3, 0.4) is 0 Å². The zero-order chi connectivity index (χ0) is 14.3. The molecule has 1 rings (SSSR count). The molecule has 1 aromatic carbocycles. The first-order valence-corrected chi connectivity index (χ1v) is 7.94. The number of rotatable bonds is 8. The smallest absolute Gasteiger partial charge is 0.0294 e. The van der Waals surface area contributed by atoms with Gasteiger partial charge in [-0.2, -0.15) is 0 Å². The van der Waals surface area contributed by atoms with Gasteiger partial charge in [-0.1, -0.05) is 64.8 Å². The Balaban J connectivity index is 2.58. The zero-order valence-corrected chi connectivity index (χ0v) is 13.4. The number of hydrogen-bond donors (Lipinski definition) is 1. The maximum Gasteiger partial charge on any atom is 0.0294 e. The van der Waals surface area contributed by atoms with E-state index in [0.29, 0.717) is 18.0 Å². The zero-order valence-electron chi connectivity index (χ0n) is 13.4. The van der Waals surface area contributed by atoms with Crippen LogP contribution in [0.15, 0.2) is 24.3 Å². The Morgan fingerprint density at radius 3 is 2.00 bits per heavy atom. The van der Waals surface area contributed by atoms with Crippen molar-refractivity contribution in [3.05, 3.63) is 35.4 Å². The number of unbranched alkanes of at least 4 members (excludes halogenated alkanes) is 1. The van der Waals surface area contributed by atoms with Crippen molar-refractivity contribution in [3.8, 4) is 0 Å². The lowest BCUT2D eigenvalue weighted by molar-refractivity contribution is 0.410. The minimum atomic E-state index is 0.447. The van der Waals surface area contributed by atoms with Gasteiger partial charge in [0.1, 0.15) is 0 Å². The summed E-state index contributed by atoms with van der Waals surface area (Å²) in [7, 11) is 0. The Kier molecular flexibility index (Phi) is 7.15. The average molecular weight is 261 g/mol. The van der Waals surface area contributed by atoms with E-state index < -0.39 is 0 Å². The van der Waals surface area contributed by atoms with E-state index in [2.05, 4.69) is 64.2 Å². The third kappa shape index (κ3) is 5.36. The van der Waals surface area contributed by atoms with Crippen LogP contribution in [0.5, 0.6) is 0 Å². The lowest BCUT2D eigenvalue weighted by atomic mass is 9.98. The molecule has 1 N–H and O–H groups in total. The summed E-state index contributed by atoms with van der Waals surface area (Å²) in [5.41, 5.74) is 2.83. The predicted molar refractivity (Wildman–Crippen MR) is 85.7 cm³/mol. The highest BCUT2D eigenvalue weighted by Crippen LogP contribution is 2.19. The van der Waals surface area contributed by atoms with Crippen molar-refractivity contribution in [2.75, 3.05) is 0 Å². The van der Waals surface area contributed by atoms with Crippen LogP contribution in [0.2, 0.25) is 0 Å². The summed E-state index contributed by atoms with van der Waals surface area (Å²) < 4.78 is 0. The van der Waals surface area contributed by atoms with Crippen molar-refractivity contribution < 1.29 is 0 Å². The largest absolute Gasteiger partial charge is 0.307 e. The molecule has 0 radical (unpaired) electrons. The molecule has 0 amide bonds. The molecule has 2 atom stereocenters. The van der Waals surface area contributed by atoms with Gasteiger partial charge in [0.15, 0.2) is 0 Å². The highest BCUT2D eigenvalue weighted by Gasteiger charge is 2.11. The van der Waals surface area contributed by atoms with Crippen molar-refractivity contribution in [2.45, 2.75) is 78.3 Å². The van der Waals surface area contributed by atoms with E-state index >= 15 is 0 Å². The van der Waals surface area contributed by atoms with E-state index in [0.717, 1.165) is 0 Å². The van der Waals surface area contributed by atoms with E-state index in [-0.39, 0.29) is 0 Å². The fourth-order valence-electron chi connectivity index (χ4n) is 2.48. The quantitative estimate of drug-likeness (QED) is 0.658. The van der Waals surface area contributed by atoms with Crippen LogP contribution < -0.4 is 5.32 Å². The molecule has 0 aliphatic rings. The molecule has 0 spiro atoms. The highest BCUT2D eigenvalue weighted by molar-refractivity contribution is 5.26. The van der Waals surface area contributed by atoms with E-state index in [1.165, 1.54) is 36.8 Å². The van der Waals surface area contributed by atoms with Crippen LogP contribution in [-0.4, -0.2) is 6.04 Å². The van der Waals surface area contributed by atoms with Crippen molar-refractivity contribution in [2.24, 2.45) is 0 Å². The van der Waals surface area contributed by atoms with Gasteiger partial charge >= 0.3 is 0 Å². The maximum atomic E-state index is 3.77. The van der Waals surface area contributed by atoms with E-state index in [1.807, 2.05) is 0 Å². The van der Waals surface area contributed by atoms with Crippen molar-refractivity contribution >= 4 is 0 Å². The fourth-order valence-corrected chi connectivity index (χ4v) is 2.48. The average Bonchev–Trinajstić information content (AvgIpc) is 2.43. The second-order valence-corrected chi connectivity index (χ2v) is 5.96. The Bertz CT molecular complexity index is 339. The molecule has 0 fully saturated rings. The second-order valence-electron chi connectivity index (χ2n) is 5.96. The molecular weight excluding hydrogens is 230 g/mol. The summed E-state index contributed by atoms with van der Waals surface area (Å²) in [6.45, 7) is 11.3. The summed E-state index contributed by atoms with van der Waals surface area (Å²) in [5, 5.41) is 3.77. The SMILES string of the molecule is CCCCC(CC)NC(C)c1ccc(C(C)C)cc1. The third-order valence-corrected chi connectivity index (χ3v) is 3.99. The van der Waals surface area contributed by atoms with Crippen LogP contribution in [0, 0.1) is 0 Å². The molecule has 108 valence electrons. The van der Waals surface area contributed by atoms with E-state index in [1.54, 1.807) is 0 Å². The normalized spacial score (nSPS) is 14.6. The first-order chi connectivity index (χ1) is 9.08. The Hall–Kier alpha value is -0.820. The number of hydrogen-bond acceptors (Lipinski definition) is 1. The molecule has 0 bridgehead atoms. The summed E-state index contributed by atoms with van der Waals surface area (Å²) >= 11 is 0. The molecule has 1 aromatic rings. The van der Waals surface area contributed by atoms with Gasteiger partial charge in [-0.05, 0) is 36.8 Å². The Labute approximate surface area is 119 Å². The molecule has 0 aromatic heterocycles. The van der Waals surface area contributed by atoms with Gasteiger partial charge in [0, 0.05) is 12.1 Å². The lowest BCUT2D eigenvalue weighted by Crippen LogP contribution is -2.30. The summed E-state index contributed by atoms with van der Waals surface area (Å²) in [6, 6.07) is 10.2. The van der Waals surface area contributed by atoms with E-state index in [4.69, 9.17) is 0 Å². The van der Waals surface area contributed by atoms with Crippen LogP contribution in [0.4, 0.5) is 0 Å². The number of nitrogens with one attached hydrogen (secondary N) is 1. The monoisotopic (exact) mass is 261 g/mol. The Morgan fingerprint density at radius 1 is 0.947 bits per heavy atom. The highest BCUT2D eigenvalue weighted by atomic mass is 14.9. The van der Waals surface area contributed by atoms with Crippen LogP contribution in [-0.2, 0) is 0 Å². The minimum absolute atomic E-state index is 0.447. The van der Waals surface area contributed by atoms with Gasteiger partial charge in [0.25, 0.3) is 0 Å². The molecule has 2 unspecified atom stereocenters. The fraction of sp³-hybridized carbons (Fsp3) is 0.667. The molecule has 0 saturated heterocycles. The van der Waals surface area contributed by atoms with Crippen molar-refractivity contribution in [3.63, 3.8) is 0 Å². The van der Waals surface area contributed by atoms with Crippen molar-refractivity contribution in [1.82, 2.24) is 5.32 Å². The molecule has 0 heterocycles. The lowest BCUT2D eigenvalue weighted by Gasteiger charge is -2.23. The summed E-state index contributed by atoms with van der Waals surface area (Å²) in [5.74, 6) is 0.616. The molecule has 0 saturated carbocycles. The summed E-state index contributed by atoms with van der Waals surface area (Å²) in [6.07, 6.45) is 5.12. The molecule has 0 aliphatic carbocycles. The maximum absolute atomic E-state index is 3.77. The van der Waals surface area contributed by atoms with Gasteiger partial charge in [-0.15, -0.1) is 0 Å². The van der Waals surface area contributed by atoms with Gasteiger partial charge in [-0.3, -0.25) is 0 Å². The predicted octanol–water partition coefficient (Wildman–Crippen LogP) is 5.43. The standard InChI is InChI=1S/C18H31N/c1-6-8-9-18(7-2)19-15(5)17-12-10-16(11-13-17)14(3)4/h10-15,18-19H,6-9H2,1-5H3. The van der Waals surface area contributed by atoms with Crippen LogP contribution in [0.25, 0.3) is 0 Å². The molecular formula is C18H31N. The first kappa shape index (κ1) is 16.2. The number of benzene rings is 1. The Morgan fingerprint density at radius 2 is 1.53 bits per heavy atom. The van der Waals surface area contributed by atoms with Crippen LogP contribution >= 0.6 is 0 Å². The van der Waals surface area contributed by atoms with Gasteiger partial charge < -0.3 is 5.32 Å². The first-order valence-electron chi connectivity index (χ1n) is 7.94. The van der Waals surface area contributed by atoms with Crippen LogP contribution in [0.1, 0.15) is 83.4 Å². The van der Waals surface area contributed by atoms with E-state index in [9.17, 15) is 0 Å². The van der Waals surface area contributed by atoms with Gasteiger partial charge in [-0.25, -0.2) is 0 Å². The van der Waals surface area contributed by atoms with Crippen molar-refractivity contribution in [1.29, 1.82) is 0 Å². The molecule has 0 aliphatic heterocycles. The molecule has 1 heteroatoms. The molecule has 19 heavy (non-hydrogen) atoms. The third-order valence-electron chi connectivity index (χ3n) is 3.99. The van der Waals surface area contributed by atoms with Gasteiger partial charge in [0.2, 0.25) is 0 Å². The molecule has 1 nitrogen and oxygen atoms in total. The topological polar surface area (TPSA) is 12.0 Å². The second kappa shape index (κ2) is 8.37. The minimum Gasteiger partial charge on any atom is -0.307 e.